The number of nitrogens with zero attached hydrogens (tertiary/aromatic N) is 1. The number of hydrogen-bond acceptors (Lipinski definition) is 3. The molecule has 19 heavy (non-hydrogen) atoms. The molecule has 0 aliphatic heterocycles. The fourth-order valence-corrected chi connectivity index (χ4v) is 5.19. The van der Waals surface area contributed by atoms with E-state index in [2.05, 4.69) is 26.2 Å². The molecule has 0 saturated heterocycles. The molecule has 3 heteroatoms. The number of fused-ring (bicyclic) bond motifs is 1. The highest BCUT2D eigenvalue weighted by Crippen LogP contribution is 2.45. The summed E-state index contributed by atoms with van der Waals surface area (Å²) in [6.45, 7) is 4.75. The maximum atomic E-state index is 5.01. The van der Waals surface area contributed by atoms with Gasteiger partial charge in [-0.15, -0.1) is 11.3 Å². The Morgan fingerprint density at radius 2 is 2.16 bits per heavy atom. The van der Waals surface area contributed by atoms with Crippen molar-refractivity contribution >= 4 is 11.3 Å². The Bertz CT molecular complexity index is 430. The third kappa shape index (κ3) is 2.36. The Morgan fingerprint density at radius 3 is 2.84 bits per heavy atom. The molecule has 2 aliphatic rings. The molecule has 2 nitrogen and oxygen atoms in total. The molecule has 2 atom stereocenters. The lowest BCUT2D eigenvalue weighted by atomic mass is 9.72. The quantitative estimate of drug-likeness (QED) is 0.907. The van der Waals surface area contributed by atoms with Crippen LogP contribution in [0.15, 0.2) is 0 Å². The smallest absolute Gasteiger partial charge is 0.113 e. The van der Waals surface area contributed by atoms with Crippen molar-refractivity contribution in [3.63, 3.8) is 0 Å². The maximum absolute atomic E-state index is 5.01. The second-order valence-corrected chi connectivity index (χ2v) is 7.76. The van der Waals surface area contributed by atoms with E-state index in [0.29, 0.717) is 0 Å². The van der Waals surface area contributed by atoms with Gasteiger partial charge in [0.25, 0.3) is 0 Å². The lowest BCUT2D eigenvalue weighted by molar-refractivity contribution is 0.155. The van der Waals surface area contributed by atoms with Gasteiger partial charge in [-0.2, -0.15) is 0 Å². The summed E-state index contributed by atoms with van der Waals surface area (Å²) in [5, 5.41) is 5.03. The van der Waals surface area contributed by atoms with E-state index in [1.165, 1.54) is 55.6 Å². The first-order chi connectivity index (χ1) is 9.14. The topological polar surface area (TPSA) is 24.9 Å². The second kappa shape index (κ2) is 5.17. The molecule has 1 heterocycles. The van der Waals surface area contributed by atoms with E-state index < -0.39 is 0 Å². The lowest BCUT2D eigenvalue weighted by Gasteiger charge is -2.41. The van der Waals surface area contributed by atoms with Gasteiger partial charge in [0.2, 0.25) is 0 Å². The monoisotopic (exact) mass is 278 g/mol. The molecule has 1 fully saturated rings. The Labute approximate surface area is 121 Å². The van der Waals surface area contributed by atoms with E-state index in [4.69, 9.17) is 4.98 Å². The molecular weight excluding hydrogens is 252 g/mol. The van der Waals surface area contributed by atoms with Crippen molar-refractivity contribution in [2.24, 2.45) is 11.8 Å². The molecule has 3 rings (SSSR count). The van der Waals surface area contributed by atoms with Gasteiger partial charge in [0.05, 0.1) is 11.2 Å². The minimum atomic E-state index is 0.169. The summed E-state index contributed by atoms with van der Waals surface area (Å²) in [4.78, 5) is 6.57. The highest BCUT2D eigenvalue weighted by Gasteiger charge is 2.40. The number of rotatable bonds is 3. The van der Waals surface area contributed by atoms with Crippen molar-refractivity contribution in [1.29, 1.82) is 0 Å². The van der Waals surface area contributed by atoms with Crippen LogP contribution in [-0.4, -0.2) is 12.0 Å². The van der Waals surface area contributed by atoms with E-state index in [1.54, 1.807) is 4.88 Å². The van der Waals surface area contributed by atoms with Crippen molar-refractivity contribution in [2.45, 2.75) is 64.3 Å². The van der Waals surface area contributed by atoms with Crippen LogP contribution in [0.3, 0.4) is 0 Å². The van der Waals surface area contributed by atoms with Crippen molar-refractivity contribution in [3.8, 4) is 0 Å². The molecule has 1 aromatic heterocycles. The number of nitrogens with one attached hydrogen (secondary N) is 1. The Hall–Kier alpha value is -0.410. The third-order valence-corrected chi connectivity index (χ3v) is 6.58. The molecule has 0 aromatic carbocycles. The highest BCUT2D eigenvalue weighted by molar-refractivity contribution is 7.12. The average molecular weight is 278 g/mol. The highest BCUT2D eigenvalue weighted by atomic mass is 32.1. The van der Waals surface area contributed by atoms with Gasteiger partial charge in [-0.3, -0.25) is 0 Å². The van der Waals surface area contributed by atoms with Crippen LogP contribution in [0, 0.1) is 11.8 Å². The second-order valence-electron chi connectivity index (χ2n) is 6.67. The summed E-state index contributed by atoms with van der Waals surface area (Å²) < 4.78 is 0. The normalized spacial score (nSPS) is 30.8. The average Bonchev–Trinajstić information content (AvgIpc) is 2.99. The van der Waals surface area contributed by atoms with Crippen LogP contribution in [0.5, 0.6) is 0 Å². The first kappa shape index (κ1) is 13.6. The fraction of sp³-hybridized carbons (Fsp3) is 0.812. The van der Waals surface area contributed by atoms with Crippen LogP contribution in [0.4, 0.5) is 0 Å². The molecule has 1 N–H and O–H groups in total. The first-order valence-electron chi connectivity index (χ1n) is 7.82. The van der Waals surface area contributed by atoms with Crippen molar-refractivity contribution in [2.75, 3.05) is 7.05 Å². The third-order valence-electron chi connectivity index (χ3n) is 5.22. The van der Waals surface area contributed by atoms with Crippen LogP contribution in [0.25, 0.3) is 0 Å². The standard InChI is InChI=1S/C16H26N2S/c1-11(2)12-6-5-9-16(10-12,17-3)15-18-13-7-4-8-14(13)19-15/h11-12,17H,4-10H2,1-3H3. The summed E-state index contributed by atoms with van der Waals surface area (Å²) in [6.07, 6.45) is 9.06. The molecule has 0 spiro atoms. The minimum Gasteiger partial charge on any atom is -0.308 e. The molecule has 106 valence electrons. The van der Waals surface area contributed by atoms with Gasteiger partial charge in [0.1, 0.15) is 5.01 Å². The number of aromatic nitrogens is 1. The molecule has 0 bridgehead atoms. The minimum absolute atomic E-state index is 0.169. The van der Waals surface area contributed by atoms with Crippen LogP contribution < -0.4 is 5.32 Å². The zero-order valence-corrected chi connectivity index (χ0v) is 13.3. The van der Waals surface area contributed by atoms with E-state index in [-0.39, 0.29) is 5.54 Å². The molecule has 0 radical (unpaired) electrons. The molecule has 0 amide bonds. The first-order valence-corrected chi connectivity index (χ1v) is 8.64. The van der Waals surface area contributed by atoms with Crippen molar-refractivity contribution in [3.05, 3.63) is 15.6 Å². The summed E-state index contributed by atoms with van der Waals surface area (Å²) in [5.74, 6) is 1.64. The molecule has 1 saturated carbocycles. The van der Waals surface area contributed by atoms with Gasteiger partial charge in [-0.25, -0.2) is 4.98 Å². The van der Waals surface area contributed by atoms with Gasteiger partial charge in [-0.05, 0) is 51.0 Å². The molecule has 1 aromatic rings. The van der Waals surface area contributed by atoms with Crippen molar-refractivity contribution in [1.82, 2.24) is 10.3 Å². The van der Waals surface area contributed by atoms with Crippen LogP contribution >= 0.6 is 11.3 Å². The molecule has 2 unspecified atom stereocenters. The van der Waals surface area contributed by atoms with Crippen molar-refractivity contribution < 1.29 is 0 Å². The maximum Gasteiger partial charge on any atom is 0.113 e. The number of thiazole rings is 1. The van der Waals surface area contributed by atoms with E-state index >= 15 is 0 Å². The van der Waals surface area contributed by atoms with Crippen LogP contribution in [0.2, 0.25) is 0 Å². The van der Waals surface area contributed by atoms with Gasteiger partial charge in [0.15, 0.2) is 0 Å². The number of aryl methyl sites for hydroxylation is 2. The SMILES string of the molecule is CNC1(c2nc3c(s2)CCC3)CCCC(C(C)C)C1. The predicted molar refractivity (Wildman–Crippen MR) is 81.7 cm³/mol. The Balaban J connectivity index is 1.89. The fourth-order valence-electron chi connectivity index (χ4n) is 3.81. The number of hydrogen-bond donors (Lipinski definition) is 1. The lowest BCUT2D eigenvalue weighted by Crippen LogP contribution is -2.45. The Morgan fingerprint density at radius 1 is 1.32 bits per heavy atom. The van der Waals surface area contributed by atoms with E-state index in [1.807, 2.05) is 11.3 Å². The van der Waals surface area contributed by atoms with Gasteiger partial charge in [-0.1, -0.05) is 26.7 Å². The van der Waals surface area contributed by atoms with E-state index in [9.17, 15) is 0 Å². The zero-order chi connectivity index (χ0) is 13.5. The van der Waals surface area contributed by atoms with Gasteiger partial charge < -0.3 is 5.32 Å². The zero-order valence-electron chi connectivity index (χ0n) is 12.5. The van der Waals surface area contributed by atoms with Gasteiger partial charge >= 0.3 is 0 Å². The summed E-state index contributed by atoms with van der Waals surface area (Å²) in [6, 6.07) is 0. The summed E-state index contributed by atoms with van der Waals surface area (Å²) >= 11 is 1.99. The predicted octanol–water partition coefficient (Wildman–Crippen LogP) is 3.89. The van der Waals surface area contributed by atoms with E-state index in [0.717, 1.165) is 11.8 Å². The van der Waals surface area contributed by atoms with Crippen LogP contribution in [0.1, 0.15) is 61.5 Å². The summed E-state index contributed by atoms with van der Waals surface area (Å²) in [7, 11) is 2.13. The Kier molecular flexibility index (Phi) is 3.69. The largest absolute Gasteiger partial charge is 0.308 e. The molecule has 2 aliphatic carbocycles. The van der Waals surface area contributed by atoms with Gasteiger partial charge in [0, 0.05) is 4.88 Å². The van der Waals surface area contributed by atoms with Crippen LogP contribution in [-0.2, 0) is 18.4 Å². The summed E-state index contributed by atoms with van der Waals surface area (Å²) in [5.41, 5.74) is 1.57. The molecular formula is C16H26N2S.